The summed E-state index contributed by atoms with van der Waals surface area (Å²) in [4.78, 5) is 21.8. The van der Waals surface area contributed by atoms with Crippen LogP contribution in [0.5, 0.6) is 0 Å². The van der Waals surface area contributed by atoms with Crippen LogP contribution in [-0.2, 0) is 0 Å². The third-order valence-corrected chi connectivity index (χ3v) is 7.41. The van der Waals surface area contributed by atoms with Gasteiger partial charge in [0.15, 0.2) is 10.8 Å². The zero-order valence-corrected chi connectivity index (χ0v) is 20.3. The van der Waals surface area contributed by atoms with E-state index in [4.69, 9.17) is 4.98 Å². The molecule has 0 aliphatic carbocycles. The third kappa shape index (κ3) is 4.35. The number of rotatable bonds is 5. The van der Waals surface area contributed by atoms with Gasteiger partial charge in [0.2, 0.25) is 0 Å². The summed E-state index contributed by atoms with van der Waals surface area (Å²) in [5.41, 5.74) is 4.24. The van der Waals surface area contributed by atoms with Gasteiger partial charge in [-0.2, -0.15) is 10.1 Å². The van der Waals surface area contributed by atoms with E-state index in [1.807, 2.05) is 50.2 Å². The van der Waals surface area contributed by atoms with Gasteiger partial charge in [0.1, 0.15) is 5.82 Å². The molecule has 0 bridgehead atoms. The summed E-state index contributed by atoms with van der Waals surface area (Å²) in [6, 6.07) is 14.1. The Labute approximate surface area is 201 Å². The van der Waals surface area contributed by atoms with Crippen molar-refractivity contribution in [2.24, 2.45) is 0 Å². The van der Waals surface area contributed by atoms with Crippen LogP contribution in [0, 0.1) is 12.7 Å². The Morgan fingerprint density at radius 3 is 2.41 bits per heavy atom. The highest BCUT2D eigenvalue weighted by Crippen LogP contribution is 2.33. The third-order valence-electron chi connectivity index (χ3n) is 6.19. The van der Waals surface area contributed by atoms with Crippen molar-refractivity contribution in [1.29, 1.82) is 0 Å². The smallest absolute Gasteiger partial charge is 0.251 e. The Kier molecular flexibility index (Phi) is 5.95. The number of carbonyl (C=O) groups excluding carboxylic acids is 1. The van der Waals surface area contributed by atoms with Crippen LogP contribution in [0.3, 0.4) is 0 Å². The minimum Gasteiger partial charge on any atom is -0.378 e. The predicted molar refractivity (Wildman–Crippen MR) is 135 cm³/mol. The molecule has 34 heavy (non-hydrogen) atoms. The summed E-state index contributed by atoms with van der Waals surface area (Å²) < 4.78 is 16.2. The van der Waals surface area contributed by atoms with Crippen molar-refractivity contribution in [3.05, 3.63) is 65.6 Å². The number of thiazole rings is 1. The maximum absolute atomic E-state index is 13.3. The Morgan fingerprint density at radius 1 is 1.09 bits per heavy atom. The van der Waals surface area contributed by atoms with Gasteiger partial charge in [-0.05, 0) is 68.3 Å². The van der Waals surface area contributed by atoms with Crippen molar-refractivity contribution in [2.75, 3.05) is 37.0 Å². The van der Waals surface area contributed by atoms with E-state index in [-0.39, 0.29) is 17.8 Å². The van der Waals surface area contributed by atoms with E-state index in [1.165, 1.54) is 12.1 Å². The molecular formula is C25H27FN6OS. The number of fused-ring (bicyclic) bond motifs is 1. The van der Waals surface area contributed by atoms with E-state index in [9.17, 15) is 9.18 Å². The minimum absolute atomic E-state index is 0.0289. The van der Waals surface area contributed by atoms with Crippen LogP contribution in [0.1, 0.15) is 28.9 Å². The van der Waals surface area contributed by atoms with Gasteiger partial charge in [0.25, 0.3) is 5.91 Å². The lowest BCUT2D eigenvalue weighted by Crippen LogP contribution is -2.44. The molecule has 0 radical (unpaired) electrons. The molecule has 0 spiro atoms. The van der Waals surface area contributed by atoms with Crippen LogP contribution in [0.25, 0.3) is 16.0 Å². The molecule has 9 heteroatoms. The highest BCUT2D eigenvalue weighted by molar-refractivity contribution is 7.22. The molecule has 2 aromatic carbocycles. The number of anilines is 2. The van der Waals surface area contributed by atoms with E-state index in [0.29, 0.717) is 5.56 Å². The fourth-order valence-electron chi connectivity index (χ4n) is 4.22. The van der Waals surface area contributed by atoms with Gasteiger partial charge >= 0.3 is 0 Å². The molecule has 1 fully saturated rings. The number of aromatic nitrogens is 3. The van der Waals surface area contributed by atoms with Crippen molar-refractivity contribution in [3.8, 4) is 5.69 Å². The number of benzene rings is 2. The number of hydrogen-bond donors (Lipinski definition) is 1. The first-order chi connectivity index (χ1) is 16.4. The summed E-state index contributed by atoms with van der Waals surface area (Å²) in [6.45, 7) is 3.62. The molecule has 1 saturated heterocycles. The number of aryl methyl sites for hydroxylation is 1. The molecule has 5 rings (SSSR count). The lowest BCUT2D eigenvalue weighted by molar-refractivity contribution is 0.0931. The maximum Gasteiger partial charge on any atom is 0.251 e. The lowest BCUT2D eigenvalue weighted by atomic mass is 10.0. The van der Waals surface area contributed by atoms with Gasteiger partial charge in [0.05, 0.1) is 16.1 Å². The molecule has 1 amide bonds. The van der Waals surface area contributed by atoms with Gasteiger partial charge in [-0.1, -0.05) is 11.3 Å². The molecule has 176 valence electrons. The second-order valence-corrected chi connectivity index (χ2v) is 9.78. The Morgan fingerprint density at radius 2 is 1.76 bits per heavy atom. The predicted octanol–water partition coefficient (Wildman–Crippen LogP) is 4.39. The number of hydrogen-bond acceptors (Lipinski definition) is 6. The van der Waals surface area contributed by atoms with E-state index < -0.39 is 0 Å². The Bertz CT molecular complexity index is 1300. The molecule has 2 aromatic heterocycles. The molecular weight excluding hydrogens is 451 g/mol. The van der Waals surface area contributed by atoms with Crippen LogP contribution >= 0.6 is 11.3 Å². The Hall–Kier alpha value is -3.46. The number of piperidine rings is 1. The number of nitrogens with one attached hydrogen (secondary N) is 1. The minimum atomic E-state index is -0.275. The molecule has 0 atom stereocenters. The molecule has 7 nitrogen and oxygen atoms in total. The fraction of sp³-hybridized carbons (Fsp3) is 0.320. The van der Waals surface area contributed by atoms with E-state index in [1.54, 1.807) is 28.2 Å². The number of carbonyl (C=O) groups is 1. The SMILES string of the molecule is Cc1nn(-c2ccc(F)cc2)c2nc(N3CCC(NC(=O)c4ccc(N(C)C)cc4)CC3)sc12. The van der Waals surface area contributed by atoms with Crippen molar-refractivity contribution >= 4 is 38.4 Å². The van der Waals surface area contributed by atoms with Crippen molar-refractivity contribution in [3.63, 3.8) is 0 Å². The lowest BCUT2D eigenvalue weighted by Gasteiger charge is -2.32. The molecule has 1 N–H and O–H groups in total. The van der Waals surface area contributed by atoms with Crippen LogP contribution in [0.4, 0.5) is 15.2 Å². The van der Waals surface area contributed by atoms with Crippen molar-refractivity contribution in [2.45, 2.75) is 25.8 Å². The Balaban J connectivity index is 1.25. The first-order valence-corrected chi connectivity index (χ1v) is 12.2. The summed E-state index contributed by atoms with van der Waals surface area (Å²) in [7, 11) is 3.96. The zero-order chi connectivity index (χ0) is 23.8. The maximum atomic E-state index is 13.3. The van der Waals surface area contributed by atoms with E-state index in [2.05, 4.69) is 15.3 Å². The standard InChI is InChI=1S/C25H27FN6OS/c1-16-22-23(32(29-16)21-10-6-18(26)7-11-21)28-25(34-22)31-14-12-19(13-15-31)27-24(33)17-4-8-20(9-5-17)30(2)3/h4-11,19H,12-15H2,1-3H3,(H,27,33). The molecule has 1 aliphatic heterocycles. The van der Waals surface area contributed by atoms with Crippen molar-refractivity contribution < 1.29 is 9.18 Å². The summed E-state index contributed by atoms with van der Waals surface area (Å²) in [6.07, 6.45) is 1.72. The number of amides is 1. The van der Waals surface area contributed by atoms with Gasteiger partial charge < -0.3 is 15.1 Å². The van der Waals surface area contributed by atoms with Crippen LogP contribution in [-0.4, -0.2) is 53.9 Å². The molecule has 1 aliphatic rings. The normalized spacial score (nSPS) is 14.5. The zero-order valence-electron chi connectivity index (χ0n) is 19.5. The van der Waals surface area contributed by atoms with Crippen molar-refractivity contribution in [1.82, 2.24) is 20.1 Å². The van der Waals surface area contributed by atoms with Crippen LogP contribution in [0.2, 0.25) is 0 Å². The first-order valence-electron chi connectivity index (χ1n) is 11.3. The van der Waals surface area contributed by atoms with E-state index >= 15 is 0 Å². The van der Waals surface area contributed by atoms with Gasteiger partial charge in [-0.25, -0.2) is 9.07 Å². The van der Waals surface area contributed by atoms with Crippen LogP contribution < -0.4 is 15.1 Å². The second kappa shape index (κ2) is 9.06. The highest BCUT2D eigenvalue weighted by atomic mass is 32.1. The summed E-state index contributed by atoms with van der Waals surface area (Å²) >= 11 is 1.63. The van der Waals surface area contributed by atoms with Gasteiger partial charge in [-0.15, -0.1) is 0 Å². The van der Waals surface area contributed by atoms with Crippen LogP contribution in [0.15, 0.2) is 48.5 Å². The largest absolute Gasteiger partial charge is 0.378 e. The average molecular weight is 479 g/mol. The molecule has 0 saturated carbocycles. The molecule has 4 aromatic rings. The van der Waals surface area contributed by atoms with Gasteiger partial charge in [-0.3, -0.25) is 4.79 Å². The quantitative estimate of drug-likeness (QED) is 0.461. The first kappa shape index (κ1) is 22.3. The second-order valence-electron chi connectivity index (χ2n) is 8.80. The number of halogens is 1. The summed E-state index contributed by atoms with van der Waals surface area (Å²) in [5.74, 6) is -0.304. The molecule has 3 heterocycles. The van der Waals surface area contributed by atoms with Gasteiger partial charge in [0, 0.05) is 44.5 Å². The number of nitrogens with zero attached hydrogens (tertiary/aromatic N) is 5. The monoisotopic (exact) mass is 478 g/mol. The van der Waals surface area contributed by atoms with E-state index in [0.717, 1.165) is 58.5 Å². The molecule has 0 unspecified atom stereocenters. The summed E-state index contributed by atoms with van der Waals surface area (Å²) in [5, 5.41) is 8.73. The average Bonchev–Trinajstić information content (AvgIpc) is 3.41. The fourth-order valence-corrected chi connectivity index (χ4v) is 5.25. The topological polar surface area (TPSA) is 66.3 Å². The highest BCUT2D eigenvalue weighted by Gasteiger charge is 2.25.